The molecule has 102 valence electrons. The summed E-state index contributed by atoms with van der Waals surface area (Å²) in [6.45, 7) is 6.83. The predicted molar refractivity (Wildman–Crippen MR) is 73.5 cm³/mol. The molecule has 0 aliphatic rings. The normalized spacial score (nSPS) is 11.8. The van der Waals surface area contributed by atoms with Crippen molar-refractivity contribution in [2.75, 3.05) is 0 Å². The maximum atomic E-state index is 13.0. The quantitative estimate of drug-likeness (QED) is 0.924. The van der Waals surface area contributed by atoms with E-state index < -0.39 is 0 Å². The number of nitrogens with zero attached hydrogens (tertiary/aromatic N) is 1. The lowest BCUT2D eigenvalue weighted by atomic mass is 10.1. The third-order valence-electron chi connectivity index (χ3n) is 2.51. The molecule has 1 heterocycles. The lowest BCUT2D eigenvalue weighted by Crippen LogP contribution is -2.35. The van der Waals surface area contributed by atoms with Gasteiger partial charge in [-0.05, 0) is 39.0 Å². The van der Waals surface area contributed by atoms with Gasteiger partial charge in [-0.15, -0.1) is 0 Å². The minimum atomic E-state index is -0.380. The highest BCUT2D eigenvalue weighted by molar-refractivity contribution is 6.33. The molecule has 0 atom stereocenters. The Morgan fingerprint density at radius 3 is 2.74 bits per heavy atom. The minimum absolute atomic E-state index is 0.00658. The monoisotopic (exact) mass is 282 g/mol. The van der Waals surface area contributed by atoms with Crippen LogP contribution in [0.1, 0.15) is 26.5 Å². The van der Waals surface area contributed by atoms with Crippen LogP contribution in [0.2, 0.25) is 5.02 Å². The van der Waals surface area contributed by atoms with Crippen molar-refractivity contribution in [3.05, 3.63) is 41.0 Å². The van der Waals surface area contributed by atoms with Crippen LogP contribution in [-0.4, -0.2) is 10.5 Å². The minimum Gasteiger partial charge on any atom is -0.444 e. The Morgan fingerprint density at radius 2 is 2.11 bits per heavy atom. The van der Waals surface area contributed by atoms with E-state index in [1.165, 1.54) is 12.1 Å². The van der Waals surface area contributed by atoms with Crippen LogP contribution in [0, 0.1) is 5.82 Å². The fraction of sp³-hybridized carbons (Fsp3) is 0.357. The van der Waals surface area contributed by atoms with E-state index in [2.05, 4.69) is 31.1 Å². The molecule has 3 nitrogen and oxygen atoms in total. The Hall–Kier alpha value is -1.39. The second-order valence-electron chi connectivity index (χ2n) is 5.37. The van der Waals surface area contributed by atoms with E-state index in [4.69, 9.17) is 16.0 Å². The Morgan fingerprint density at radius 1 is 1.37 bits per heavy atom. The number of nitrogens with one attached hydrogen (secondary N) is 1. The molecule has 19 heavy (non-hydrogen) atoms. The smallest absolute Gasteiger partial charge is 0.227 e. The largest absolute Gasteiger partial charge is 0.444 e. The van der Waals surface area contributed by atoms with Crippen LogP contribution < -0.4 is 5.32 Å². The molecule has 0 fully saturated rings. The van der Waals surface area contributed by atoms with Crippen molar-refractivity contribution in [2.45, 2.75) is 32.9 Å². The number of rotatable bonds is 3. The van der Waals surface area contributed by atoms with E-state index in [9.17, 15) is 4.39 Å². The third kappa shape index (κ3) is 3.78. The number of oxazole rings is 1. The van der Waals surface area contributed by atoms with Gasteiger partial charge in [0.25, 0.3) is 0 Å². The van der Waals surface area contributed by atoms with Gasteiger partial charge in [0.05, 0.1) is 16.3 Å². The molecule has 2 aromatic rings. The van der Waals surface area contributed by atoms with Crippen LogP contribution in [0.3, 0.4) is 0 Å². The second-order valence-corrected chi connectivity index (χ2v) is 5.78. The molecule has 0 spiro atoms. The molecule has 0 radical (unpaired) electrons. The molecule has 0 aliphatic carbocycles. The molecule has 5 heteroatoms. The van der Waals surface area contributed by atoms with Gasteiger partial charge in [0.2, 0.25) is 5.89 Å². The van der Waals surface area contributed by atoms with E-state index >= 15 is 0 Å². The molecule has 1 aromatic carbocycles. The van der Waals surface area contributed by atoms with Gasteiger partial charge in [-0.25, -0.2) is 9.37 Å². The van der Waals surface area contributed by atoms with E-state index in [-0.39, 0.29) is 16.4 Å². The van der Waals surface area contributed by atoms with Crippen molar-refractivity contribution in [3.63, 3.8) is 0 Å². The van der Waals surface area contributed by atoms with E-state index in [0.717, 1.165) is 5.69 Å². The zero-order chi connectivity index (χ0) is 14.0. The maximum Gasteiger partial charge on any atom is 0.227 e. The Balaban J connectivity index is 2.16. The predicted octanol–water partition coefficient (Wildman–Crippen LogP) is 4.02. The van der Waals surface area contributed by atoms with Gasteiger partial charge in [0, 0.05) is 12.1 Å². The molecule has 0 amide bonds. The van der Waals surface area contributed by atoms with Crippen molar-refractivity contribution in [2.24, 2.45) is 0 Å². The molecule has 2 rings (SSSR count). The van der Waals surface area contributed by atoms with Gasteiger partial charge < -0.3 is 9.73 Å². The fourth-order valence-corrected chi connectivity index (χ4v) is 1.78. The van der Waals surface area contributed by atoms with Gasteiger partial charge in [0.1, 0.15) is 12.1 Å². The van der Waals surface area contributed by atoms with Crippen LogP contribution in [-0.2, 0) is 6.54 Å². The summed E-state index contributed by atoms with van der Waals surface area (Å²) in [5.41, 5.74) is 1.38. The molecule has 0 unspecified atom stereocenters. The number of benzene rings is 1. The highest BCUT2D eigenvalue weighted by atomic mass is 35.5. The molecule has 0 bridgehead atoms. The van der Waals surface area contributed by atoms with Crippen molar-refractivity contribution in [1.29, 1.82) is 0 Å². The molecular weight excluding hydrogens is 267 g/mol. The van der Waals surface area contributed by atoms with Crippen LogP contribution in [0.5, 0.6) is 0 Å². The molecule has 0 saturated heterocycles. The Kier molecular flexibility index (Phi) is 3.92. The summed E-state index contributed by atoms with van der Waals surface area (Å²) in [4.78, 5) is 4.34. The van der Waals surface area contributed by atoms with Gasteiger partial charge in [-0.3, -0.25) is 0 Å². The summed E-state index contributed by atoms with van der Waals surface area (Å²) in [5.74, 6) is 0.0191. The first-order valence-corrected chi connectivity index (χ1v) is 6.38. The average Bonchev–Trinajstić information content (AvgIpc) is 2.74. The Bertz CT molecular complexity index is 575. The first-order chi connectivity index (χ1) is 8.85. The highest BCUT2D eigenvalue weighted by Gasteiger charge is 2.13. The van der Waals surface area contributed by atoms with E-state index in [0.29, 0.717) is 18.0 Å². The van der Waals surface area contributed by atoms with Gasteiger partial charge in [-0.2, -0.15) is 0 Å². The zero-order valence-electron chi connectivity index (χ0n) is 11.1. The molecular formula is C14H16ClFN2O. The second kappa shape index (κ2) is 5.31. The van der Waals surface area contributed by atoms with Crippen LogP contribution in [0.15, 0.2) is 28.9 Å². The summed E-state index contributed by atoms with van der Waals surface area (Å²) in [6.07, 6.45) is 1.58. The van der Waals surface area contributed by atoms with Gasteiger partial charge in [0.15, 0.2) is 0 Å². The lowest BCUT2D eigenvalue weighted by Gasteiger charge is -2.19. The first kappa shape index (κ1) is 14.0. The van der Waals surface area contributed by atoms with Crippen LogP contribution >= 0.6 is 11.6 Å². The summed E-state index contributed by atoms with van der Waals surface area (Å²) in [5, 5.41) is 3.60. The zero-order valence-corrected chi connectivity index (χ0v) is 11.9. The third-order valence-corrected chi connectivity index (χ3v) is 2.83. The fourth-order valence-electron chi connectivity index (χ4n) is 1.53. The van der Waals surface area contributed by atoms with Crippen molar-refractivity contribution in [1.82, 2.24) is 10.3 Å². The average molecular weight is 283 g/mol. The highest BCUT2D eigenvalue weighted by Crippen LogP contribution is 2.27. The summed E-state index contributed by atoms with van der Waals surface area (Å²) >= 11 is 5.97. The SMILES string of the molecule is CC(C)(C)NCc1coc(-c2ccc(F)cc2Cl)n1. The van der Waals surface area contributed by atoms with Gasteiger partial charge >= 0.3 is 0 Å². The topological polar surface area (TPSA) is 38.1 Å². The summed E-state index contributed by atoms with van der Waals surface area (Å²) in [6, 6.07) is 4.14. The standard InChI is InChI=1S/C14H16ClFN2O/c1-14(2,3)17-7-10-8-19-13(18-10)11-5-4-9(16)6-12(11)15/h4-6,8,17H,7H2,1-3H3. The number of halogens is 2. The summed E-state index contributed by atoms with van der Waals surface area (Å²) in [7, 11) is 0. The first-order valence-electron chi connectivity index (χ1n) is 6.00. The van der Waals surface area contributed by atoms with Crippen molar-refractivity contribution >= 4 is 11.6 Å². The Labute approximate surface area is 116 Å². The lowest BCUT2D eigenvalue weighted by molar-refractivity contribution is 0.421. The molecule has 0 aliphatic heterocycles. The van der Waals surface area contributed by atoms with Crippen LogP contribution in [0.4, 0.5) is 4.39 Å². The maximum absolute atomic E-state index is 13.0. The number of hydrogen-bond acceptors (Lipinski definition) is 3. The van der Waals surface area contributed by atoms with Gasteiger partial charge in [-0.1, -0.05) is 11.6 Å². The van der Waals surface area contributed by atoms with Crippen molar-refractivity contribution in [3.8, 4) is 11.5 Å². The van der Waals surface area contributed by atoms with Crippen molar-refractivity contribution < 1.29 is 8.81 Å². The number of hydrogen-bond donors (Lipinski definition) is 1. The molecule has 1 aromatic heterocycles. The number of aromatic nitrogens is 1. The molecule has 0 saturated carbocycles. The van der Waals surface area contributed by atoms with E-state index in [1.54, 1.807) is 12.3 Å². The van der Waals surface area contributed by atoms with Crippen LogP contribution in [0.25, 0.3) is 11.5 Å². The molecule has 1 N–H and O–H groups in total. The summed E-state index contributed by atoms with van der Waals surface area (Å²) < 4.78 is 18.4. The van der Waals surface area contributed by atoms with E-state index in [1.807, 2.05) is 0 Å².